The van der Waals surface area contributed by atoms with Gasteiger partial charge in [0.15, 0.2) is 5.96 Å². The van der Waals surface area contributed by atoms with Crippen molar-refractivity contribution in [3.8, 4) is 0 Å². The Balaban J connectivity index is 3.38. The van der Waals surface area contributed by atoms with Gasteiger partial charge in [-0.3, -0.25) is 10.1 Å². The van der Waals surface area contributed by atoms with Gasteiger partial charge in [0.05, 0.1) is 4.92 Å². The second-order valence-electron chi connectivity index (χ2n) is 4.75. The van der Waals surface area contributed by atoms with Crippen molar-refractivity contribution in [3.05, 3.63) is 33.9 Å². The number of rotatable bonds is 2. The lowest BCUT2D eigenvalue weighted by molar-refractivity contribution is -0.384. The van der Waals surface area contributed by atoms with Crippen molar-refractivity contribution in [2.45, 2.75) is 26.2 Å². The Kier molecular flexibility index (Phi) is 3.36. The maximum Gasteiger partial charge on any atom is 0.295 e. The summed E-state index contributed by atoms with van der Waals surface area (Å²) in [6, 6.07) is 4.84. The molecule has 6 heteroatoms. The first-order valence-corrected chi connectivity index (χ1v) is 5.10. The first-order valence-electron chi connectivity index (χ1n) is 5.10. The quantitative estimate of drug-likeness (QED) is 0.353. The molecule has 92 valence electrons. The van der Waals surface area contributed by atoms with Crippen LogP contribution >= 0.6 is 0 Å². The van der Waals surface area contributed by atoms with Gasteiger partial charge in [-0.25, -0.2) is 4.99 Å². The highest BCUT2D eigenvalue weighted by molar-refractivity contribution is 5.81. The molecule has 0 atom stereocenters. The Morgan fingerprint density at radius 2 is 1.94 bits per heavy atom. The molecule has 0 spiro atoms. The predicted molar refractivity (Wildman–Crippen MR) is 67.3 cm³/mol. The van der Waals surface area contributed by atoms with E-state index in [2.05, 4.69) is 4.99 Å². The standard InChI is InChI=1S/C11H16N4O2/c1-11(2,3)7-4-5-8(14-10(12)13)9(6-7)15(16)17/h4-6H,1-3H3,(H4,12,13,14). The normalized spacial score (nSPS) is 11.0. The minimum Gasteiger partial charge on any atom is -0.370 e. The average molecular weight is 236 g/mol. The van der Waals surface area contributed by atoms with Gasteiger partial charge in [0, 0.05) is 6.07 Å². The second-order valence-corrected chi connectivity index (χ2v) is 4.75. The van der Waals surface area contributed by atoms with E-state index in [9.17, 15) is 10.1 Å². The zero-order valence-corrected chi connectivity index (χ0v) is 10.1. The maximum atomic E-state index is 10.9. The summed E-state index contributed by atoms with van der Waals surface area (Å²) < 4.78 is 0. The van der Waals surface area contributed by atoms with Crippen LogP contribution in [0.15, 0.2) is 23.2 Å². The molecule has 0 bridgehead atoms. The van der Waals surface area contributed by atoms with Crippen LogP contribution in [0, 0.1) is 10.1 Å². The van der Waals surface area contributed by atoms with Crippen molar-refractivity contribution in [1.29, 1.82) is 0 Å². The Bertz CT molecular complexity index is 471. The van der Waals surface area contributed by atoms with Crippen molar-refractivity contribution in [3.63, 3.8) is 0 Å². The Morgan fingerprint density at radius 3 is 2.35 bits per heavy atom. The molecule has 0 heterocycles. The second kappa shape index (κ2) is 4.40. The van der Waals surface area contributed by atoms with E-state index in [-0.39, 0.29) is 22.7 Å². The molecular formula is C11H16N4O2. The fraction of sp³-hybridized carbons (Fsp3) is 0.364. The molecule has 17 heavy (non-hydrogen) atoms. The van der Waals surface area contributed by atoms with Crippen molar-refractivity contribution in [1.82, 2.24) is 0 Å². The van der Waals surface area contributed by atoms with Gasteiger partial charge < -0.3 is 11.5 Å². The molecule has 0 aliphatic rings. The molecule has 1 rings (SSSR count). The van der Waals surface area contributed by atoms with Crippen LogP contribution < -0.4 is 11.5 Å². The van der Waals surface area contributed by atoms with E-state index in [1.54, 1.807) is 12.1 Å². The fourth-order valence-electron chi connectivity index (χ4n) is 1.37. The Labute approximate surface area is 99.5 Å². The molecule has 0 aliphatic carbocycles. The van der Waals surface area contributed by atoms with E-state index in [1.165, 1.54) is 6.07 Å². The molecule has 0 saturated heterocycles. The SMILES string of the molecule is CC(C)(C)c1ccc(N=C(N)N)c([N+](=O)[O-])c1. The highest BCUT2D eigenvalue weighted by Crippen LogP contribution is 2.32. The summed E-state index contributed by atoms with van der Waals surface area (Å²) in [7, 11) is 0. The summed E-state index contributed by atoms with van der Waals surface area (Å²) in [5.41, 5.74) is 11.2. The molecule has 0 radical (unpaired) electrons. The lowest BCUT2D eigenvalue weighted by Crippen LogP contribution is -2.22. The van der Waals surface area contributed by atoms with E-state index >= 15 is 0 Å². The number of guanidine groups is 1. The minimum absolute atomic E-state index is 0.0918. The molecular weight excluding hydrogens is 220 g/mol. The van der Waals surface area contributed by atoms with Crippen LogP contribution in [0.3, 0.4) is 0 Å². The summed E-state index contributed by atoms with van der Waals surface area (Å²) in [5, 5.41) is 10.9. The molecule has 0 saturated carbocycles. The summed E-state index contributed by atoms with van der Waals surface area (Å²) in [6.07, 6.45) is 0. The molecule has 6 nitrogen and oxygen atoms in total. The first kappa shape index (κ1) is 13.0. The summed E-state index contributed by atoms with van der Waals surface area (Å²) in [6.45, 7) is 5.94. The average Bonchev–Trinajstić information content (AvgIpc) is 2.15. The number of hydrogen-bond donors (Lipinski definition) is 2. The molecule has 0 fully saturated rings. The topological polar surface area (TPSA) is 108 Å². The van der Waals surface area contributed by atoms with Crippen LogP contribution in [0.2, 0.25) is 0 Å². The van der Waals surface area contributed by atoms with Crippen molar-refractivity contribution in [2.75, 3.05) is 0 Å². The van der Waals surface area contributed by atoms with Gasteiger partial charge in [-0.05, 0) is 17.0 Å². The minimum atomic E-state index is -0.489. The lowest BCUT2D eigenvalue weighted by Gasteiger charge is -2.18. The van der Waals surface area contributed by atoms with Gasteiger partial charge in [0.25, 0.3) is 5.69 Å². The molecule has 0 amide bonds. The molecule has 0 aliphatic heterocycles. The summed E-state index contributed by atoms with van der Waals surface area (Å²) >= 11 is 0. The third kappa shape index (κ3) is 3.17. The van der Waals surface area contributed by atoms with Crippen LogP contribution in [-0.2, 0) is 5.41 Å². The highest BCUT2D eigenvalue weighted by Gasteiger charge is 2.20. The van der Waals surface area contributed by atoms with Crippen molar-refractivity contribution in [2.24, 2.45) is 16.5 Å². The number of nitro groups is 1. The lowest BCUT2D eigenvalue weighted by atomic mass is 9.86. The van der Waals surface area contributed by atoms with Gasteiger partial charge in [0.1, 0.15) is 5.69 Å². The van der Waals surface area contributed by atoms with Crippen LogP contribution in [0.1, 0.15) is 26.3 Å². The van der Waals surface area contributed by atoms with Gasteiger partial charge >= 0.3 is 0 Å². The Morgan fingerprint density at radius 1 is 1.35 bits per heavy atom. The van der Waals surface area contributed by atoms with Crippen molar-refractivity contribution >= 4 is 17.3 Å². The van der Waals surface area contributed by atoms with Gasteiger partial charge in [0.2, 0.25) is 0 Å². The molecule has 4 N–H and O–H groups in total. The number of nitrogens with zero attached hydrogens (tertiary/aromatic N) is 2. The van der Waals surface area contributed by atoms with E-state index in [0.717, 1.165) is 5.56 Å². The van der Waals surface area contributed by atoms with Crippen LogP contribution in [0.5, 0.6) is 0 Å². The fourth-order valence-corrected chi connectivity index (χ4v) is 1.37. The largest absolute Gasteiger partial charge is 0.370 e. The molecule has 0 unspecified atom stereocenters. The van der Waals surface area contributed by atoms with Crippen LogP contribution in [-0.4, -0.2) is 10.9 Å². The van der Waals surface area contributed by atoms with Crippen LogP contribution in [0.25, 0.3) is 0 Å². The van der Waals surface area contributed by atoms with Gasteiger partial charge in [-0.1, -0.05) is 26.8 Å². The third-order valence-electron chi connectivity index (χ3n) is 2.29. The third-order valence-corrected chi connectivity index (χ3v) is 2.29. The van der Waals surface area contributed by atoms with E-state index in [0.29, 0.717) is 0 Å². The van der Waals surface area contributed by atoms with Crippen molar-refractivity contribution < 1.29 is 4.92 Å². The number of nitrogens with two attached hydrogens (primary N) is 2. The Hall–Kier alpha value is -2.11. The highest BCUT2D eigenvalue weighted by atomic mass is 16.6. The predicted octanol–water partition coefficient (Wildman–Crippen LogP) is 1.80. The summed E-state index contributed by atoms with van der Waals surface area (Å²) in [5.74, 6) is -0.198. The van der Waals surface area contributed by atoms with E-state index < -0.39 is 4.92 Å². The zero-order chi connectivity index (χ0) is 13.2. The van der Waals surface area contributed by atoms with Crippen LogP contribution in [0.4, 0.5) is 11.4 Å². The first-order chi connectivity index (χ1) is 7.71. The number of hydrogen-bond acceptors (Lipinski definition) is 3. The monoisotopic (exact) mass is 236 g/mol. The van der Waals surface area contributed by atoms with E-state index in [1.807, 2.05) is 20.8 Å². The van der Waals surface area contributed by atoms with Gasteiger partial charge in [-0.15, -0.1) is 0 Å². The number of benzene rings is 1. The smallest absolute Gasteiger partial charge is 0.295 e. The maximum absolute atomic E-state index is 10.9. The summed E-state index contributed by atoms with van der Waals surface area (Å²) in [4.78, 5) is 14.2. The zero-order valence-electron chi connectivity index (χ0n) is 10.1. The molecule has 1 aromatic carbocycles. The molecule has 1 aromatic rings. The van der Waals surface area contributed by atoms with Gasteiger partial charge in [-0.2, -0.15) is 0 Å². The molecule has 0 aromatic heterocycles. The number of aliphatic imine (C=N–C) groups is 1. The number of nitro benzene ring substituents is 1. The van der Waals surface area contributed by atoms with E-state index in [4.69, 9.17) is 11.5 Å².